The van der Waals surface area contributed by atoms with Crippen molar-refractivity contribution in [2.24, 2.45) is 0 Å². The molecule has 1 atom stereocenters. The van der Waals surface area contributed by atoms with Crippen LogP contribution in [0.15, 0.2) is 29.2 Å². The molecule has 0 aliphatic carbocycles. The van der Waals surface area contributed by atoms with E-state index in [1.165, 1.54) is 21.9 Å². The minimum absolute atomic E-state index is 0.200. The average molecular weight is 399 g/mol. The smallest absolute Gasteiger partial charge is 0.330 e. The third-order valence-electron chi connectivity index (χ3n) is 4.83. The lowest BCUT2D eigenvalue weighted by atomic mass is 10.0. The van der Waals surface area contributed by atoms with Gasteiger partial charge in [-0.2, -0.15) is 0 Å². The molecule has 2 aromatic heterocycles. The molecule has 8 nitrogen and oxygen atoms in total. The lowest BCUT2D eigenvalue weighted by molar-refractivity contribution is -0.139. The van der Waals surface area contributed by atoms with E-state index in [2.05, 4.69) is 10.3 Å². The van der Waals surface area contributed by atoms with Crippen LogP contribution in [0.25, 0.3) is 4.96 Å². The van der Waals surface area contributed by atoms with Gasteiger partial charge in [0, 0.05) is 23.2 Å². The lowest BCUT2D eigenvalue weighted by Gasteiger charge is -2.15. The number of hydrogen-bond donors (Lipinski definition) is 2. The van der Waals surface area contributed by atoms with E-state index in [4.69, 9.17) is 4.74 Å². The van der Waals surface area contributed by atoms with Crippen LogP contribution in [-0.4, -0.2) is 33.0 Å². The number of carboxylic acids is 1. The van der Waals surface area contributed by atoms with Crippen LogP contribution >= 0.6 is 11.3 Å². The number of carbonyl (C=O) groups is 2. The Labute approximate surface area is 163 Å². The maximum atomic E-state index is 12.8. The van der Waals surface area contributed by atoms with Gasteiger partial charge >= 0.3 is 5.97 Å². The fourth-order valence-corrected chi connectivity index (χ4v) is 4.14. The molecule has 1 aliphatic heterocycles. The van der Waals surface area contributed by atoms with Gasteiger partial charge in [-0.1, -0.05) is 6.07 Å². The molecule has 1 aliphatic rings. The van der Waals surface area contributed by atoms with Crippen molar-refractivity contribution >= 4 is 28.2 Å². The van der Waals surface area contributed by atoms with Crippen LogP contribution in [0.5, 0.6) is 5.75 Å². The van der Waals surface area contributed by atoms with Gasteiger partial charge in [0.15, 0.2) is 11.0 Å². The minimum atomic E-state index is -1.29. The Morgan fingerprint density at radius 3 is 2.89 bits per heavy atom. The minimum Gasteiger partial charge on any atom is -0.493 e. The largest absolute Gasteiger partial charge is 0.493 e. The van der Waals surface area contributed by atoms with Crippen molar-refractivity contribution in [2.45, 2.75) is 26.3 Å². The molecule has 4 rings (SSSR count). The Bertz CT molecular complexity index is 1180. The summed E-state index contributed by atoms with van der Waals surface area (Å²) in [7, 11) is 0. The van der Waals surface area contributed by atoms with E-state index in [0.717, 1.165) is 16.2 Å². The molecule has 9 heteroatoms. The van der Waals surface area contributed by atoms with E-state index in [9.17, 15) is 19.5 Å². The summed E-state index contributed by atoms with van der Waals surface area (Å²) in [4.78, 5) is 42.8. The molecule has 1 aromatic carbocycles. The van der Waals surface area contributed by atoms with Crippen LogP contribution in [-0.2, 0) is 11.2 Å². The predicted molar refractivity (Wildman–Crippen MR) is 102 cm³/mol. The van der Waals surface area contributed by atoms with Gasteiger partial charge in [0.1, 0.15) is 11.3 Å². The van der Waals surface area contributed by atoms with Gasteiger partial charge in [-0.3, -0.25) is 14.0 Å². The molecular weight excluding hydrogens is 382 g/mol. The Balaban J connectivity index is 1.68. The van der Waals surface area contributed by atoms with Crippen molar-refractivity contribution in [1.29, 1.82) is 0 Å². The second kappa shape index (κ2) is 6.75. The molecule has 144 valence electrons. The van der Waals surface area contributed by atoms with Crippen molar-refractivity contribution < 1.29 is 19.4 Å². The first-order chi connectivity index (χ1) is 13.4. The molecule has 28 heavy (non-hydrogen) atoms. The van der Waals surface area contributed by atoms with Crippen LogP contribution in [0.4, 0.5) is 0 Å². The van der Waals surface area contributed by atoms with Gasteiger partial charge in [-0.15, -0.1) is 11.3 Å². The summed E-state index contributed by atoms with van der Waals surface area (Å²) in [5.41, 5.74) is 1.30. The standard InChI is InChI=1S/C19H17N3O5S/c1-9-10(2)28-19-20-8-13(17(24)22(9)19)16(23)21-15(18(25)26)12-3-4-14-11(7-12)5-6-27-14/h3-4,7-8,15H,5-6H2,1-2H3,(H,21,23)(H,25,26). The summed E-state index contributed by atoms with van der Waals surface area (Å²) in [6, 6.07) is 3.72. The normalized spacial score (nSPS) is 13.8. The SMILES string of the molecule is Cc1sc2ncc(C(=O)NC(C(=O)O)c3ccc4c(c3)CCO4)c(=O)n2c1C. The highest BCUT2D eigenvalue weighted by molar-refractivity contribution is 7.17. The Morgan fingerprint density at radius 1 is 1.36 bits per heavy atom. The Morgan fingerprint density at radius 2 is 2.14 bits per heavy atom. The maximum Gasteiger partial charge on any atom is 0.330 e. The zero-order chi connectivity index (χ0) is 20.0. The number of amides is 1. The first kappa shape index (κ1) is 18.2. The topological polar surface area (TPSA) is 110 Å². The molecule has 0 fully saturated rings. The predicted octanol–water partition coefficient (Wildman–Crippen LogP) is 1.86. The summed E-state index contributed by atoms with van der Waals surface area (Å²) >= 11 is 1.35. The number of fused-ring (bicyclic) bond motifs is 2. The monoisotopic (exact) mass is 399 g/mol. The van der Waals surface area contributed by atoms with E-state index >= 15 is 0 Å². The summed E-state index contributed by atoms with van der Waals surface area (Å²) in [6.07, 6.45) is 1.88. The summed E-state index contributed by atoms with van der Waals surface area (Å²) < 4.78 is 6.80. The molecule has 0 spiro atoms. The van der Waals surface area contributed by atoms with Gasteiger partial charge < -0.3 is 15.2 Å². The van der Waals surface area contributed by atoms with Crippen LogP contribution in [0, 0.1) is 13.8 Å². The summed E-state index contributed by atoms with van der Waals surface area (Å²) in [6.45, 7) is 4.19. The lowest BCUT2D eigenvalue weighted by Crippen LogP contribution is -2.37. The average Bonchev–Trinajstić information content (AvgIpc) is 3.23. The number of rotatable bonds is 4. The summed E-state index contributed by atoms with van der Waals surface area (Å²) in [5, 5.41) is 12.1. The number of carboxylic acid groups (broad SMARTS) is 1. The van der Waals surface area contributed by atoms with Crippen molar-refractivity contribution in [3.63, 3.8) is 0 Å². The molecule has 1 amide bonds. The molecule has 0 saturated carbocycles. The summed E-state index contributed by atoms with van der Waals surface area (Å²) in [5.74, 6) is -1.28. The number of aryl methyl sites for hydroxylation is 2. The van der Waals surface area contributed by atoms with E-state index < -0.39 is 23.5 Å². The molecule has 0 saturated heterocycles. The zero-order valence-corrected chi connectivity index (χ0v) is 16.0. The van der Waals surface area contributed by atoms with Gasteiger partial charge in [0.05, 0.1) is 6.61 Å². The molecule has 3 aromatic rings. The molecule has 2 N–H and O–H groups in total. The number of hydrogen-bond acceptors (Lipinski definition) is 6. The molecule has 3 heterocycles. The number of nitrogens with zero attached hydrogens (tertiary/aromatic N) is 2. The van der Waals surface area contributed by atoms with Crippen molar-refractivity contribution in [2.75, 3.05) is 6.61 Å². The van der Waals surface area contributed by atoms with Crippen LogP contribution in [0.3, 0.4) is 0 Å². The molecule has 1 unspecified atom stereocenters. The Kier molecular flexibility index (Phi) is 4.38. The van der Waals surface area contributed by atoms with Crippen LogP contribution in [0.1, 0.15) is 38.1 Å². The molecular formula is C19H17N3O5S. The van der Waals surface area contributed by atoms with Crippen molar-refractivity contribution in [3.05, 3.63) is 62.0 Å². The number of aliphatic carboxylic acids is 1. The zero-order valence-electron chi connectivity index (χ0n) is 15.2. The molecule has 0 bridgehead atoms. The van der Waals surface area contributed by atoms with Crippen LogP contribution in [0.2, 0.25) is 0 Å². The van der Waals surface area contributed by atoms with E-state index in [0.29, 0.717) is 29.2 Å². The van der Waals surface area contributed by atoms with E-state index in [1.54, 1.807) is 25.1 Å². The van der Waals surface area contributed by atoms with Gasteiger partial charge in [-0.25, -0.2) is 9.78 Å². The third kappa shape index (κ3) is 2.93. The van der Waals surface area contributed by atoms with Crippen molar-refractivity contribution in [1.82, 2.24) is 14.7 Å². The highest BCUT2D eigenvalue weighted by Crippen LogP contribution is 2.28. The molecule has 0 radical (unpaired) electrons. The number of thiazole rings is 1. The highest BCUT2D eigenvalue weighted by atomic mass is 32.1. The Hall–Kier alpha value is -3.20. The quantitative estimate of drug-likeness (QED) is 0.693. The van der Waals surface area contributed by atoms with E-state index in [1.807, 2.05) is 6.92 Å². The number of aromatic nitrogens is 2. The second-order valence-corrected chi connectivity index (χ2v) is 7.73. The first-order valence-corrected chi connectivity index (χ1v) is 9.45. The first-order valence-electron chi connectivity index (χ1n) is 8.64. The van der Waals surface area contributed by atoms with Gasteiger partial charge in [-0.05, 0) is 37.1 Å². The number of carbonyl (C=O) groups excluding carboxylic acids is 1. The number of benzene rings is 1. The van der Waals surface area contributed by atoms with E-state index in [-0.39, 0.29) is 5.56 Å². The maximum absolute atomic E-state index is 12.8. The fraction of sp³-hybridized carbons (Fsp3) is 0.263. The number of ether oxygens (including phenoxy) is 1. The fourth-order valence-electron chi connectivity index (χ4n) is 3.21. The highest BCUT2D eigenvalue weighted by Gasteiger charge is 2.26. The second-order valence-electron chi connectivity index (χ2n) is 6.55. The third-order valence-corrected chi connectivity index (χ3v) is 5.90. The van der Waals surface area contributed by atoms with Crippen LogP contribution < -0.4 is 15.6 Å². The van der Waals surface area contributed by atoms with Gasteiger partial charge in [0.25, 0.3) is 11.5 Å². The number of nitrogens with one attached hydrogen (secondary N) is 1. The van der Waals surface area contributed by atoms with Crippen molar-refractivity contribution in [3.8, 4) is 5.75 Å². The van der Waals surface area contributed by atoms with Gasteiger partial charge in [0.2, 0.25) is 0 Å².